The van der Waals surface area contributed by atoms with E-state index in [0.717, 1.165) is 28.8 Å². The van der Waals surface area contributed by atoms with Crippen LogP contribution < -0.4 is 21.1 Å². The molecule has 3 aromatic rings. The molecule has 1 aliphatic heterocycles. The summed E-state index contributed by atoms with van der Waals surface area (Å²) < 4.78 is 2.34. The van der Waals surface area contributed by atoms with Crippen molar-refractivity contribution in [2.24, 2.45) is 7.05 Å². The van der Waals surface area contributed by atoms with E-state index in [1.54, 1.807) is 23.9 Å². The van der Waals surface area contributed by atoms with Crippen molar-refractivity contribution < 1.29 is 0 Å². The Balaban J connectivity index is 1.38. The van der Waals surface area contributed by atoms with E-state index in [2.05, 4.69) is 84.7 Å². The molecule has 8 nitrogen and oxygen atoms in total. The highest BCUT2D eigenvalue weighted by atomic mass is 79.9. The molecule has 9 heteroatoms. The SMILES string of the molecule is CN(C)C1CCN(c2ccc(Nc3ncc(Br)c(NCc4ccc(=O)n(C)c4)n3)cc2)CC1. The van der Waals surface area contributed by atoms with E-state index in [1.165, 1.54) is 18.5 Å². The third kappa shape index (κ3) is 5.91. The van der Waals surface area contributed by atoms with Gasteiger partial charge >= 0.3 is 0 Å². The molecule has 2 N–H and O–H groups in total. The Morgan fingerprint density at radius 3 is 2.52 bits per heavy atom. The lowest BCUT2D eigenvalue weighted by atomic mass is 10.0. The van der Waals surface area contributed by atoms with Crippen LogP contribution in [0.5, 0.6) is 0 Å². The number of aromatic nitrogens is 3. The maximum atomic E-state index is 11.6. The highest BCUT2D eigenvalue weighted by Crippen LogP contribution is 2.26. The molecule has 0 bridgehead atoms. The molecular formula is C24H30BrN7O. The molecule has 1 fully saturated rings. The first-order valence-corrected chi connectivity index (χ1v) is 11.9. The summed E-state index contributed by atoms with van der Waals surface area (Å²) in [5.41, 5.74) is 3.14. The van der Waals surface area contributed by atoms with Gasteiger partial charge in [0.05, 0.1) is 4.47 Å². The quantitative estimate of drug-likeness (QED) is 0.499. The summed E-state index contributed by atoms with van der Waals surface area (Å²) in [5.74, 6) is 1.20. The zero-order valence-electron chi connectivity index (χ0n) is 19.3. The van der Waals surface area contributed by atoms with Crippen molar-refractivity contribution in [3.8, 4) is 0 Å². The molecule has 0 saturated carbocycles. The third-order valence-electron chi connectivity index (χ3n) is 6.03. The summed E-state index contributed by atoms with van der Waals surface area (Å²) in [4.78, 5) is 25.3. The Kier molecular flexibility index (Phi) is 7.29. The van der Waals surface area contributed by atoms with E-state index >= 15 is 0 Å². The average Bonchev–Trinajstić information content (AvgIpc) is 2.82. The van der Waals surface area contributed by atoms with E-state index in [1.807, 2.05) is 12.3 Å². The topological polar surface area (TPSA) is 78.3 Å². The van der Waals surface area contributed by atoms with Crippen LogP contribution in [0.2, 0.25) is 0 Å². The van der Waals surface area contributed by atoms with Crippen LogP contribution in [0.3, 0.4) is 0 Å². The van der Waals surface area contributed by atoms with Crippen molar-refractivity contribution in [2.45, 2.75) is 25.4 Å². The van der Waals surface area contributed by atoms with Crippen LogP contribution >= 0.6 is 15.9 Å². The second kappa shape index (κ2) is 10.4. The van der Waals surface area contributed by atoms with E-state index in [9.17, 15) is 4.79 Å². The van der Waals surface area contributed by atoms with Gasteiger partial charge in [0.15, 0.2) is 0 Å². The number of piperidine rings is 1. The van der Waals surface area contributed by atoms with E-state index in [4.69, 9.17) is 0 Å². The minimum atomic E-state index is -0.0301. The lowest BCUT2D eigenvalue weighted by molar-refractivity contribution is 0.249. The first kappa shape index (κ1) is 23.3. The van der Waals surface area contributed by atoms with Gasteiger partial charge in [-0.2, -0.15) is 4.98 Å². The Bertz CT molecular complexity index is 1140. The molecule has 0 amide bonds. The molecule has 0 radical (unpaired) electrons. The van der Waals surface area contributed by atoms with Gasteiger partial charge in [0, 0.05) is 62.6 Å². The van der Waals surface area contributed by atoms with Crippen LogP contribution in [-0.4, -0.2) is 52.7 Å². The van der Waals surface area contributed by atoms with Crippen LogP contribution in [0, 0.1) is 0 Å². The van der Waals surface area contributed by atoms with E-state index in [0.29, 0.717) is 24.4 Å². The maximum absolute atomic E-state index is 11.6. The number of halogens is 1. The Morgan fingerprint density at radius 1 is 1.12 bits per heavy atom. The van der Waals surface area contributed by atoms with Gasteiger partial charge in [0.25, 0.3) is 0 Å². The highest BCUT2D eigenvalue weighted by molar-refractivity contribution is 9.10. The Morgan fingerprint density at radius 2 is 1.85 bits per heavy atom. The van der Waals surface area contributed by atoms with Crippen molar-refractivity contribution in [3.63, 3.8) is 0 Å². The van der Waals surface area contributed by atoms with Gasteiger partial charge in [0.1, 0.15) is 5.82 Å². The fourth-order valence-corrected chi connectivity index (χ4v) is 4.35. The number of pyridine rings is 1. The maximum Gasteiger partial charge on any atom is 0.250 e. The molecule has 0 aliphatic carbocycles. The number of anilines is 4. The van der Waals surface area contributed by atoms with Crippen molar-refractivity contribution in [2.75, 3.05) is 42.7 Å². The first-order chi connectivity index (χ1) is 15.9. The molecule has 174 valence electrons. The molecule has 0 unspecified atom stereocenters. The highest BCUT2D eigenvalue weighted by Gasteiger charge is 2.20. The second-order valence-corrected chi connectivity index (χ2v) is 9.44. The lowest BCUT2D eigenvalue weighted by Gasteiger charge is -2.36. The van der Waals surface area contributed by atoms with Crippen molar-refractivity contribution in [3.05, 3.63) is 69.2 Å². The summed E-state index contributed by atoms with van der Waals surface area (Å²) in [7, 11) is 6.07. The van der Waals surface area contributed by atoms with Crippen LogP contribution in [0.1, 0.15) is 18.4 Å². The molecule has 2 aromatic heterocycles. The number of benzene rings is 1. The van der Waals surface area contributed by atoms with Gasteiger partial charge in [-0.15, -0.1) is 0 Å². The molecule has 1 aliphatic rings. The molecule has 3 heterocycles. The summed E-state index contributed by atoms with van der Waals surface area (Å²) in [6.45, 7) is 2.70. The van der Waals surface area contributed by atoms with Crippen molar-refractivity contribution in [1.29, 1.82) is 0 Å². The van der Waals surface area contributed by atoms with Gasteiger partial charge in [-0.1, -0.05) is 6.07 Å². The molecule has 0 atom stereocenters. The number of nitrogens with one attached hydrogen (secondary N) is 2. The van der Waals surface area contributed by atoms with Gasteiger partial charge in [-0.25, -0.2) is 4.98 Å². The van der Waals surface area contributed by atoms with E-state index in [-0.39, 0.29) is 5.56 Å². The summed E-state index contributed by atoms with van der Waals surface area (Å²) >= 11 is 3.50. The fourth-order valence-electron chi connectivity index (χ4n) is 4.02. The molecule has 1 saturated heterocycles. The molecular weight excluding hydrogens is 482 g/mol. The average molecular weight is 512 g/mol. The summed E-state index contributed by atoms with van der Waals surface area (Å²) in [6.07, 6.45) is 5.92. The number of nitrogens with zero attached hydrogens (tertiary/aromatic N) is 5. The number of hydrogen-bond donors (Lipinski definition) is 2. The van der Waals surface area contributed by atoms with Gasteiger partial charge < -0.3 is 25.0 Å². The molecule has 1 aromatic carbocycles. The minimum Gasteiger partial charge on any atom is -0.371 e. The van der Waals surface area contributed by atoms with Crippen molar-refractivity contribution in [1.82, 2.24) is 19.4 Å². The third-order valence-corrected chi connectivity index (χ3v) is 6.61. The lowest BCUT2D eigenvalue weighted by Crippen LogP contribution is -2.41. The normalized spacial score (nSPS) is 14.5. The zero-order chi connectivity index (χ0) is 23.4. The Hall–Kier alpha value is -2.91. The van der Waals surface area contributed by atoms with Gasteiger partial charge in [-0.05, 0) is 72.7 Å². The summed E-state index contributed by atoms with van der Waals surface area (Å²) in [6, 6.07) is 12.5. The summed E-state index contributed by atoms with van der Waals surface area (Å²) in [5, 5.41) is 6.59. The monoisotopic (exact) mass is 511 g/mol. The van der Waals surface area contributed by atoms with Gasteiger partial charge in [-0.3, -0.25) is 4.79 Å². The molecule has 33 heavy (non-hydrogen) atoms. The van der Waals surface area contributed by atoms with E-state index < -0.39 is 0 Å². The standard InChI is InChI=1S/C24H30BrN7O/c1-30(2)19-10-12-32(13-11-19)20-7-5-18(6-8-20)28-24-27-15-21(25)23(29-24)26-14-17-4-9-22(33)31(3)16-17/h4-9,15-16,19H,10-14H2,1-3H3,(H2,26,27,28,29). The second-order valence-electron chi connectivity index (χ2n) is 8.58. The zero-order valence-corrected chi connectivity index (χ0v) is 20.8. The van der Waals surface area contributed by atoms with Crippen LogP contribution in [0.15, 0.2) is 58.1 Å². The number of aryl methyl sites for hydroxylation is 1. The molecule has 4 rings (SSSR count). The van der Waals surface area contributed by atoms with Crippen LogP contribution in [-0.2, 0) is 13.6 Å². The fraction of sp³-hybridized carbons (Fsp3) is 0.375. The smallest absolute Gasteiger partial charge is 0.250 e. The van der Waals surface area contributed by atoms with Gasteiger partial charge in [0.2, 0.25) is 11.5 Å². The Labute approximate surface area is 202 Å². The van der Waals surface area contributed by atoms with Crippen molar-refractivity contribution >= 4 is 39.1 Å². The largest absolute Gasteiger partial charge is 0.371 e. The predicted octanol–water partition coefficient (Wildman–Crippen LogP) is 3.82. The number of hydrogen-bond acceptors (Lipinski definition) is 7. The molecule has 0 spiro atoms. The number of rotatable bonds is 7. The minimum absolute atomic E-state index is 0.0301. The van der Waals surface area contributed by atoms with Crippen LogP contribution in [0.25, 0.3) is 0 Å². The predicted molar refractivity (Wildman–Crippen MR) is 137 cm³/mol. The first-order valence-electron chi connectivity index (χ1n) is 11.1. The van der Waals surface area contributed by atoms with Crippen LogP contribution in [0.4, 0.5) is 23.1 Å².